The van der Waals surface area contributed by atoms with Crippen LogP contribution in [0.3, 0.4) is 0 Å². The topological polar surface area (TPSA) is 157 Å². The summed E-state index contributed by atoms with van der Waals surface area (Å²) in [5.74, 6) is 2.49. The molecule has 3 aromatic rings. The van der Waals surface area contributed by atoms with Gasteiger partial charge in [0.1, 0.15) is 11.3 Å². The van der Waals surface area contributed by atoms with Gasteiger partial charge in [-0.15, -0.1) is 11.3 Å². The van der Waals surface area contributed by atoms with Crippen LogP contribution in [0.25, 0.3) is 21.3 Å². The summed E-state index contributed by atoms with van der Waals surface area (Å²) in [6.45, 7) is 21.2. The van der Waals surface area contributed by atoms with E-state index in [2.05, 4.69) is 49.0 Å². The third-order valence-corrected chi connectivity index (χ3v) is 10.1. The van der Waals surface area contributed by atoms with Crippen molar-refractivity contribution in [1.29, 1.82) is 0 Å². The Morgan fingerprint density at radius 3 is 1.74 bits per heavy atom. The van der Waals surface area contributed by atoms with Crippen LogP contribution in [0.15, 0.2) is 6.07 Å². The van der Waals surface area contributed by atoms with E-state index < -0.39 is 0 Å². The fourth-order valence-electron chi connectivity index (χ4n) is 6.06. The van der Waals surface area contributed by atoms with Gasteiger partial charge in [0, 0.05) is 29.9 Å². The normalized spacial score (nSPS) is 14.6. The summed E-state index contributed by atoms with van der Waals surface area (Å²) in [6.07, 6.45) is 5.54. The summed E-state index contributed by atoms with van der Waals surface area (Å²) in [6, 6.07) is 2.32. The van der Waals surface area contributed by atoms with Gasteiger partial charge in [-0.2, -0.15) is 0 Å². The molecular weight excluding hydrogens is 713 g/mol. The van der Waals surface area contributed by atoms with E-state index in [0.29, 0.717) is 118 Å². The number of ether oxygens (including phenoxy) is 8. The highest BCUT2D eigenvalue weighted by Gasteiger charge is 2.25. The lowest BCUT2D eigenvalue weighted by molar-refractivity contribution is -0.0234. The van der Waals surface area contributed by atoms with Crippen LogP contribution in [0.5, 0.6) is 0 Å². The third kappa shape index (κ3) is 17.0. The van der Waals surface area contributed by atoms with Gasteiger partial charge in [0.05, 0.1) is 121 Å². The van der Waals surface area contributed by atoms with Gasteiger partial charge in [-0.05, 0) is 65.1 Å². The summed E-state index contributed by atoms with van der Waals surface area (Å²) in [7, 11) is 0. The van der Waals surface area contributed by atoms with Crippen molar-refractivity contribution < 1.29 is 37.9 Å². The van der Waals surface area contributed by atoms with Gasteiger partial charge in [0.2, 0.25) is 0 Å². The highest BCUT2D eigenvalue weighted by molar-refractivity contribution is 7.20. The smallest absolute Gasteiger partial charge is 0.155 e. The third-order valence-electron chi connectivity index (χ3n) is 8.84. The highest BCUT2D eigenvalue weighted by atomic mass is 32.1. The first kappa shape index (κ1) is 44.7. The number of nitrogens with zero attached hydrogens (tertiary/aromatic N) is 3. The molecule has 0 unspecified atom stereocenters. The van der Waals surface area contributed by atoms with Crippen LogP contribution in [0.4, 0.5) is 5.82 Å². The number of hydrogen-bond acceptors (Lipinski definition) is 14. The number of thiophene rings is 1. The molecule has 0 bridgehead atoms. The molecule has 3 aromatic heterocycles. The number of fused-ring (bicyclic) bond motifs is 3. The number of imidazole rings is 1. The zero-order chi connectivity index (χ0) is 38.3. The first-order valence-corrected chi connectivity index (χ1v) is 20.8. The van der Waals surface area contributed by atoms with Crippen molar-refractivity contribution in [2.75, 3.05) is 137 Å². The molecule has 54 heavy (non-hydrogen) atoms. The Morgan fingerprint density at radius 2 is 1.26 bits per heavy atom. The van der Waals surface area contributed by atoms with Crippen molar-refractivity contribution in [3.8, 4) is 0 Å². The Labute approximate surface area is 326 Å². The van der Waals surface area contributed by atoms with Gasteiger partial charge >= 0.3 is 0 Å². The number of aromatic nitrogens is 3. The minimum Gasteiger partial charge on any atom is -0.378 e. The molecule has 0 amide bonds. The van der Waals surface area contributed by atoms with E-state index in [9.17, 15) is 0 Å². The predicted octanol–water partition coefficient (Wildman–Crippen LogP) is 5.00. The molecule has 1 saturated heterocycles. The number of unbranched alkanes of at least 4 members (excludes halogenated alkanes) is 1. The van der Waals surface area contributed by atoms with E-state index in [1.54, 1.807) is 0 Å². The monoisotopic (exact) mass is 780 g/mol. The van der Waals surface area contributed by atoms with Crippen LogP contribution in [0.2, 0.25) is 0 Å². The van der Waals surface area contributed by atoms with Crippen molar-refractivity contribution >= 4 is 38.4 Å². The van der Waals surface area contributed by atoms with E-state index >= 15 is 0 Å². The van der Waals surface area contributed by atoms with Crippen LogP contribution in [-0.2, 0) is 44.3 Å². The number of anilines is 1. The fourth-order valence-corrected chi connectivity index (χ4v) is 7.33. The van der Waals surface area contributed by atoms with Crippen molar-refractivity contribution in [3.05, 3.63) is 16.8 Å². The highest BCUT2D eigenvalue weighted by Crippen LogP contribution is 2.40. The van der Waals surface area contributed by atoms with Crippen molar-refractivity contribution in [1.82, 2.24) is 19.9 Å². The van der Waals surface area contributed by atoms with E-state index in [4.69, 9.17) is 53.6 Å². The summed E-state index contributed by atoms with van der Waals surface area (Å²) in [4.78, 5) is 17.7. The molecule has 0 radical (unpaired) electrons. The minimum atomic E-state index is -0.0992. The average molecular weight is 781 g/mol. The first-order chi connectivity index (χ1) is 26.4. The summed E-state index contributed by atoms with van der Waals surface area (Å²) >= 11 is 1.89. The van der Waals surface area contributed by atoms with Gasteiger partial charge < -0.3 is 58.8 Å². The molecule has 1 fully saturated rings. The van der Waals surface area contributed by atoms with Crippen LogP contribution in [0.1, 0.15) is 70.0 Å². The van der Waals surface area contributed by atoms with E-state index in [-0.39, 0.29) is 5.54 Å². The molecule has 308 valence electrons. The Balaban J connectivity index is 0.968. The molecular formula is C39H68N6O8S. The van der Waals surface area contributed by atoms with Crippen LogP contribution in [0, 0.1) is 0 Å². The molecule has 15 heteroatoms. The molecule has 0 atom stereocenters. The van der Waals surface area contributed by atoms with E-state index in [1.165, 1.54) is 9.58 Å². The van der Waals surface area contributed by atoms with Crippen molar-refractivity contribution in [3.63, 3.8) is 0 Å². The maximum absolute atomic E-state index is 5.86. The van der Waals surface area contributed by atoms with Crippen LogP contribution < -0.4 is 11.1 Å². The average Bonchev–Trinajstić information content (AvgIpc) is 3.79. The molecule has 0 spiro atoms. The second-order valence-corrected chi connectivity index (χ2v) is 15.6. The van der Waals surface area contributed by atoms with Crippen LogP contribution >= 0.6 is 11.3 Å². The summed E-state index contributed by atoms with van der Waals surface area (Å²) in [5, 5.41) is 3.61. The van der Waals surface area contributed by atoms with Crippen molar-refractivity contribution in [2.45, 2.75) is 71.3 Å². The lowest BCUT2D eigenvalue weighted by Crippen LogP contribution is -2.35. The predicted molar refractivity (Wildman–Crippen MR) is 215 cm³/mol. The molecule has 0 saturated carbocycles. The number of aromatic amines is 1. The Bertz CT molecular complexity index is 1410. The Hall–Kier alpha value is -2.02. The number of nitrogens with two attached hydrogens (primary N) is 1. The van der Waals surface area contributed by atoms with Crippen LogP contribution in [-0.4, -0.2) is 157 Å². The van der Waals surface area contributed by atoms with Gasteiger partial charge in [0.25, 0.3) is 0 Å². The molecule has 0 aromatic carbocycles. The maximum Gasteiger partial charge on any atom is 0.155 e. The molecule has 4 heterocycles. The number of nitrogens with one attached hydrogen (secondary N) is 2. The molecule has 1 aliphatic rings. The molecule has 1 aliphatic heterocycles. The minimum absolute atomic E-state index is 0.0992. The second kappa shape index (κ2) is 26.0. The van der Waals surface area contributed by atoms with Gasteiger partial charge in [0.15, 0.2) is 5.82 Å². The maximum atomic E-state index is 5.86. The van der Waals surface area contributed by atoms with Gasteiger partial charge in [-0.1, -0.05) is 13.3 Å². The molecule has 0 aliphatic carbocycles. The zero-order valence-corrected chi connectivity index (χ0v) is 34.2. The SMILES string of the molecule is CCCCc1nc2c(NC(C)(C)C)nc3cc(C4CCN(CCOCCOCCOCCOCCOCCOCCOCCOCCN)CC4)sc3c2[nH]1. The number of pyridine rings is 1. The first-order valence-electron chi connectivity index (χ1n) is 20.0. The Kier molecular flexibility index (Phi) is 21.5. The Morgan fingerprint density at radius 1 is 0.759 bits per heavy atom. The quantitative estimate of drug-likeness (QED) is 0.0751. The summed E-state index contributed by atoms with van der Waals surface area (Å²) < 4.78 is 45.4. The fraction of sp³-hybridized carbons (Fsp3) is 0.795. The van der Waals surface area contributed by atoms with E-state index in [1.807, 2.05) is 11.3 Å². The second-order valence-electron chi connectivity index (χ2n) is 14.5. The van der Waals surface area contributed by atoms with Crippen molar-refractivity contribution in [2.24, 2.45) is 5.73 Å². The number of aryl methyl sites for hydroxylation is 1. The number of H-pyrrole nitrogens is 1. The number of hydrogen-bond donors (Lipinski definition) is 3. The van der Waals surface area contributed by atoms with Gasteiger partial charge in [-0.25, -0.2) is 9.97 Å². The molecule has 4 N–H and O–H groups in total. The largest absolute Gasteiger partial charge is 0.378 e. The number of likely N-dealkylation sites (tertiary alicyclic amines) is 1. The number of rotatable bonds is 31. The zero-order valence-electron chi connectivity index (χ0n) is 33.4. The molecule has 4 rings (SSSR count). The standard InChI is InChI=1S/C39H68N6O8S/c1-5-6-7-34-42-35-36(43-34)38(44-39(2,3)4)41-32-30-33(54-37(32)35)31-8-11-45(12-9-31)13-15-47-17-19-49-21-23-51-25-27-53-29-28-52-26-24-50-22-20-48-18-16-46-14-10-40/h30-31H,5-29,40H2,1-4H3,(H,41,44)(H,42,43). The molecule has 14 nitrogen and oxygen atoms in total. The summed E-state index contributed by atoms with van der Waals surface area (Å²) in [5.41, 5.74) is 8.41. The van der Waals surface area contributed by atoms with Gasteiger partial charge in [-0.3, -0.25) is 0 Å². The van der Waals surface area contributed by atoms with E-state index in [0.717, 1.165) is 79.9 Å². The number of piperidine rings is 1. The lowest BCUT2D eigenvalue weighted by Gasteiger charge is -2.31. The lowest BCUT2D eigenvalue weighted by atomic mass is 9.95.